The van der Waals surface area contributed by atoms with Crippen LogP contribution in [0.15, 0.2) is 18.2 Å². The van der Waals surface area contributed by atoms with Crippen molar-refractivity contribution < 1.29 is 14.3 Å². The van der Waals surface area contributed by atoms with E-state index in [4.69, 9.17) is 9.47 Å². The Hall–Kier alpha value is -1.55. The van der Waals surface area contributed by atoms with Gasteiger partial charge in [-0.2, -0.15) is 0 Å². The van der Waals surface area contributed by atoms with Crippen LogP contribution in [0.5, 0.6) is 5.75 Å². The molecule has 118 valence electrons. The third kappa shape index (κ3) is 6.17. The Morgan fingerprint density at radius 1 is 1.29 bits per heavy atom. The van der Waals surface area contributed by atoms with Crippen LogP contribution >= 0.6 is 0 Å². The molecule has 0 spiro atoms. The first kappa shape index (κ1) is 17.5. The average Bonchev–Trinajstić information content (AvgIpc) is 2.35. The van der Waals surface area contributed by atoms with Gasteiger partial charge in [-0.05, 0) is 59.7 Å². The minimum atomic E-state index is -0.260. The van der Waals surface area contributed by atoms with Crippen molar-refractivity contribution in [3.05, 3.63) is 29.3 Å². The number of ether oxygens (including phenoxy) is 2. The highest BCUT2D eigenvalue weighted by molar-refractivity contribution is 5.95. The third-order valence-electron chi connectivity index (χ3n) is 2.68. The molecular formula is C17H27NO3. The number of carbonyl (C=O) groups excluding carboxylic acids is 1. The Morgan fingerprint density at radius 3 is 2.48 bits per heavy atom. The van der Waals surface area contributed by atoms with Crippen LogP contribution in [0.1, 0.15) is 57.5 Å². The summed E-state index contributed by atoms with van der Waals surface area (Å²) < 4.78 is 11.2. The van der Waals surface area contributed by atoms with Crippen LogP contribution in [-0.2, 0) is 11.3 Å². The first-order valence-corrected chi connectivity index (χ1v) is 7.42. The first-order valence-electron chi connectivity index (χ1n) is 7.42. The zero-order chi connectivity index (χ0) is 16.0. The van der Waals surface area contributed by atoms with Gasteiger partial charge in [-0.3, -0.25) is 4.79 Å². The highest BCUT2D eigenvalue weighted by atomic mass is 16.5. The fourth-order valence-corrected chi connectivity index (χ4v) is 1.80. The fourth-order valence-electron chi connectivity index (χ4n) is 1.80. The smallest absolute Gasteiger partial charge is 0.251 e. The summed E-state index contributed by atoms with van der Waals surface area (Å²) in [6.07, 6.45) is 0.131. The van der Waals surface area contributed by atoms with Gasteiger partial charge in [0.05, 0.1) is 19.3 Å². The molecule has 0 unspecified atom stereocenters. The summed E-state index contributed by atoms with van der Waals surface area (Å²) in [6.45, 7) is 12.8. The van der Waals surface area contributed by atoms with Crippen LogP contribution in [0.25, 0.3) is 0 Å². The van der Waals surface area contributed by atoms with Crippen LogP contribution in [0.2, 0.25) is 0 Å². The lowest BCUT2D eigenvalue weighted by Gasteiger charge is -2.21. The molecule has 0 radical (unpaired) electrons. The van der Waals surface area contributed by atoms with E-state index in [0.29, 0.717) is 18.8 Å². The molecule has 21 heavy (non-hydrogen) atoms. The van der Waals surface area contributed by atoms with Gasteiger partial charge < -0.3 is 14.8 Å². The van der Waals surface area contributed by atoms with Crippen molar-refractivity contribution in [3.8, 4) is 5.75 Å². The van der Waals surface area contributed by atoms with Gasteiger partial charge in [0.15, 0.2) is 0 Å². The van der Waals surface area contributed by atoms with Crippen molar-refractivity contribution in [1.29, 1.82) is 0 Å². The van der Waals surface area contributed by atoms with Crippen LogP contribution in [0.4, 0.5) is 0 Å². The molecule has 1 amide bonds. The molecule has 0 saturated heterocycles. The summed E-state index contributed by atoms with van der Waals surface area (Å²) in [5.41, 5.74) is 1.26. The Balaban J connectivity index is 2.97. The second-order valence-electron chi connectivity index (χ2n) is 6.32. The quantitative estimate of drug-likeness (QED) is 0.872. The van der Waals surface area contributed by atoms with Gasteiger partial charge in [0.25, 0.3) is 5.91 Å². The SMILES string of the molecule is CCOc1ccc(C(=O)NC(C)(C)C)cc1COC(C)C. The molecule has 0 fully saturated rings. The van der Waals surface area contributed by atoms with Crippen LogP contribution in [0, 0.1) is 0 Å². The molecule has 0 aliphatic carbocycles. The largest absolute Gasteiger partial charge is 0.494 e. The molecule has 0 bridgehead atoms. The minimum absolute atomic E-state index is 0.0867. The summed E-state index contributed by atoms with van der Waals surface area (Å²) in [5.74, 6) is 0.682. The lowest BCUT2D eigenvalue weighted by Crippen LogP contribution is -2.40. The number of rotatable bonds is 6. The van der Waals surface area contributed by atoms with Crippen molar-refractivity contribution in [2.75, 3.05) is 6.61 Å². The van der Waals surface area contributed by atoms with Crippen LogP contribution < -0.4 is 10.1 Å². The fraction of sp³-hybridized carbons (Fsp3) is 0.588. The van der Waals surface area contributed by atoms with Gasteiger partial charge in [0.2, 0.25) is 0 Å². The zero-order valence-corrected chi connectivity index (χ0v) is 13.9. The standard InChI is InChI=1S/C17H27NO3/c1-7-20-15-9-8-13(16(19)18-17(4,5)6)10-14(15)11-21-12(2)3/h8-10,12H,7,11H2,1-6H3,(H,18,19). The molecule has 0 saturated carbocycles. The second-order valence-corrected chi connectivity index (χ2v) is 6.32. The summed E-state index contributed by atoms with van der Waals surface area (Å²) in [4.78, 5) is 12.2. The maximum atomic E-state index is 12.2. The van der Waals surface area contributed by atoms with Gasteiger partial charge in [-0.25, -0.2) is 0 Å². The Morgan fingerprint density at radius 2 is 1.95 bits per heavy atom. The number of amides is 1. The molecule has 1 aromatic rings. The molecule has 4 nitrogen and oxygen atoms in total. The molecule has 0 heterocycles. The normalized spacial score (nSPS) is 11.6. The predicted octanol–water partition coefficient (Wildman–Crippen LogP) is 3.54. The van der Waals surface area contributed by atoms with Crippen molar-refractivity contribution in [2.24, 2.45) is 0 Å². The molecule has 1 N–H and O–H groups in total. The highest BCUT2D eigenvalue weighted by Crippen LogP contribution is 2.22. The van der Waals surface area contributed by atoms with E-state index in [1.165, 1.54) is 0 Å². The van der Waals surface area contributed by atoms with Crippen molar-refractivity contribution in [2.45, 2.75) is 59.8 Å². The van der Waals surface area contributed by atoms with E-state index in [2.05, 4.69) is 5.32 Å². The number of hydrogen-bond donors (Lipinski definition) is 1. The van der Waals surface area contributed by atoms with E-state index in [9.17, 15) is 4.79 Å². The maximum Gasteiger partial charge on any atom is 0.251 e. The molecule has 4 heteroatoms. The number of nitrogens with one attached hydrogen (secondary N) is 1. The van der Waals surface area contributed by atoms with E-state index in [0.717, 1.165) is 11.3 Å². The summed E-state index contributed by atoms with van der Waals surface area (Å²) in [6, 6.07) is 5.46. The lowest BCUT2D eigenvalue weighted by molar-refractivity contribution is 0.0641. The van der Waals surface area contributed by atoms with Gasteiger partial charge in [-0.15, -0.1) is 0 Å². The van der Waals surface area contributed by atoms with Gasteiger partial charge in [-0.1, -0.05) is 0 Å². The Bertz CT molecular complexity index is 475. The van der Waals surface area contributed by atoms with Gasteiger partial charge in [0.1, 0.15) is 5.75 Å². The Kier molecular flexibility index (Phi) is 6.21. The average molecular weight is 293 g/mol. The van der Waals surface area contributed by atoms with Crippen LogP contribution in [0.3, 0.4) is 0 Å². The van der Waals surface area contributed by atoms with Crippen LogP contribution in [-0.4, -0.2) is 24.2 Å². The second kappa shape index (κ2) is 7.46. The predicted molar refractivity (Wildman–Crippen MR) is 84.8 cm³/mol. The van der Waals surface area contributed by atoms with E-state index >= 15 is 0 Å². The monoisotopic (exact) mass is 293 g/mol. The van der Waals surface area contributed by atoms with E-state index in [-0.39, 0.29) is 17.6 Å². The molecular weight excluding hydrogens is 266 g/mol. The highest BCUT2D eigenvalue weighted by Gasteiger charge is 2.17. The maximum absolute atomic E-state index is 12.2. The Labute approximate surface area is 127 Å². The first-order chi connectivity index (χ1) is 9.73. The summed E-state index contributed by atoms with van der Waals surface area (Å²) in [5, 5.41) is 2.96. The van der Waals surface area contributed by atoms with E-state index in [1.54, 1.807) is 6.07 Å². The molecule has 0 aliphatic rings. The van der Waals surface area contributed by atoms with Gasteiger partial charge >= 0.3 is 0 Å². The molecule has 0 aliphatic heterocycles. The molecule has 1 aromatic carbocycles. The zero-order valence-electron chi connectivity index (χ0n) is 13.9. The lowest BCUT2D eigenvalue weighted by atomic mass is 10.1. The van der Waals surface area contributed by atoms with Crippen molar-refractivity contribution in [3.63, 3.8) is 0 Å². The van der Waals surface area contributed by atoms with Gasteiger partial charge in [0, 0.05) is 16.7 Å². The van der Waals surface area contributed by atoms with Crippen molar-refractivity contribution in [1.82, 2.24) is 5.32 Å². The third-order valence-corrected chi connectivity index (χ3v) is 2.68. The van der Waals surface area contributed by atoms with Crippen molar-refractivity contribution >= 4 is 5.91 Å². The molecule has 1 rings (SSSR count). The summed E-state index contributed by atoms with van der Waals surface area (Å²) >= 11 is 0. The minimum Gasteiger partial charge on any atom is -0.494 e. The topological polar surface area (TPSA) is 47.6 Å². The molecule has 0 aromatic heterocycles. The number of benzene rings is 1. The molecule has 0 atom stereocenters. The van der Waals surface area contributed by atoms with E-state index in [1.807, 2.05) is 53.7 Å². The summed E-state index contributed by atoms with van der Waals surface area (Å²) in [7, 11) is 0. The number of carbonyl (C=O) groups is 1. The van der Waals surface area contributed by atoms with E-state index < -0.39 is 0 Å². The number of hydrogen-bond acceptors (Lipinski definition) is 3.